The Morgan fingerprint density at radius 2 is 1.24 bits per heavy atom. The van der Waals surface area contributed by atoms with Crippen LogP contribution in [-0.4, -0.2) is 162 Å². The van der Waals surface area contributed by atoms with E-state index in [9.17, 15) is 26.8 Å². The number of ether oxygens (including phenoxy) is 8. The van der Waals surface area contributed by atoms with Gasteiger partial charge in [0.1, 0.15) is 18.4 Å². The molecule has 20 heteroatoms. The van der Waals surface area contributed by atoms with Gasteiger partial charge in [-0.05, 0) is 51.4 Å². The van der Waals surface area contributed by atoms with Crippen LogP contribution in [0.25, 0.3) is 0 Å². The minimum absolute atomic E-state index is 0.0135. The number of nitrogens with zero attached hydrogens (tertiary/aromatic N) is 1. The van der Waals surface area contributed by atoms with Crippen LogP contribution in [-0.2, 0) is 57.5 Å². The van der Waals surface area contributed by atoms with Crippen molar-refractivity contribution in [1.29, 1.82) is 0 Å². The van der Waals surface area contributed by atoms with Crippen LogP contribution in [0.15, 0.2) is 16.6 Å². The van der Waals surface area contributed by atoms with Crippen LogP contribution < -0.4 is 21.5 Å². The number of sulfonamides is 1. The van der Waals surface area contributed by atoms with E-state index in [0.717, 1.165) is 0 Å². The Kier molecular flexibility index (Phi) is 25.6. The Morgan fingerprint density at radius 3 is 1.76 bits per heavy atom. The van der Waals surface area contributed by atoms with E-state index in [4.69, 9.17) is 49.4 Å². The quantitative estimate of drug-likeness (QED) is 0.0339. The van der Waals surface area contributed by atoms with Crippen molar-refractivity contribution < 1.29 is 64.7 Å². The molecule has 0 radical (unpaired) electrons. The van der Waals surface area contributed by atoms with Crippen molar-refractivity contribution >= 4 is 27.8 Å². The maximum atomic E-state index is 15.0. The van der Waals surface area contributed by atoms with E-state index < -0.39 is 57.6 Å². The normalized spacial score (nSPS) is 23.4. The topological polar surface area (TPSA) is 231 Å². The molecular weight excluding hydrogens is 752 g/mol. The van der Waals surface area contributed by atoms with E-state index >= 15 is 0 Å². The van der Waals surface area contributed by atoms with E-state index in [1.54, 1.807) is 7.11 Å². The zero-order chi connectivity index (χ0) is 40.3. The fourth-order valence-corrected chi connectivity index (χ4v) is 7.42. The fraction of sp³-hybridized carbons (Fsp3) is 0.857. The standard InChI is InChI=1S/C35H63F2N5O12S/c1-26(34(44)42-35(38)39)23-27-24-30(36)33(31(37)25-27)54-28-3-5-29(6-4-28)55(45,46)41-9-12-50-17-20-53-19-16-49-11-8-40-32(43)7-10-48-15-18-52-22-21-51-14-13-47-2/h23,27-31,33,41H,3-22,24-25H2,1-2H3,(H,40,43)(H4,38,39,42,44)/b26-23+. The number of aliphatic imine (C=N–C) groups is 1. The lowest BCUT2D eigenvalue weighted by Gasteiger charge is -2.37. The second-order valence-corrected chi connectivity index (χ2v) is 15.2. The molecule has 0 aliphatic heterocycles. The van der Waals surface area contributed by atoms with Crippen LogP contribution in [0.3, 0.4) is 0 Å². The highest BCUT2D eigenvalue weighted by Crippen LogP contribution is 2.35. The van der Waals surface area contributed by atoms with E-state index in [-0.39, 0.29) is 50.5 Å². The maximum Gasteiger partial charge on any atom is 0.275 e. The molecule has 0 saturated heterocycles. The number of alkyl halides is 2. The SMILES string of the molecule is COCCOCCOCCOCCC(=O)NCCOCCOCCOCCNS(=O)(=O)C1CCC(OC2C(F)CC(/C=C(\C)C(=O)N=C(N)N)CC2F)CC1. The highest BCUT2D eigenvalue weighted by atomic mass is 32.2. The molecule has 2 unspecified atom stereocenters. The molecule has 2 fully saturated rings. The molecule has 0 aromatic rings. The molecule has 320 valence electrons. The highest BCUT2D eigenvalue weighted by molar-refractivity contribution is 7.90. The zero-order valence-corrected chi connectivity index (χ0v) is 33.1. The number of allylic oxidation sites excluding steroid dienone is 1. The zero-order valence-electron chi connectivity index (χ0n) is 32.3. The molecule has 55 heavy (non-hydrogen) atoms. The van der Waals surface area contributed by atoms with Crippen LogP contribution in [0, 0.1) is 5.92 Å². The number of nitrogens with two attached hydrogens (primary N) is 2. The number of carbonyl (C=O) groups is 2. The van der Waals surface area contributed by atoms with Crippen LogP contribution >= 0.6 is 0 Å². The molecule has 0 aromatic heterocycles. The predicted molar refractivity (Wildman–Crippen MR) is 199 cm³/mol. The maximum absolute atomic E-state index is 15.0. The lowest BCUT2D eigenvalue weighted by Crippen LogP contribution is -2.45. The summed E-state index contributed by atoms with van der Waals surface area (Å²) in [6, 6.07) is 0. The number of hydrogen-bond donors (Lipinski definition) is 4. The number of hydrogen-bond acceptors (Lipinski definition) is 12. The average molecular weight is 816 g/mol. The van der Waals surface area contributed by atoms with Crippen molar-refractivity contribution in [1.82, 2.24) is 10.0 Å². The van der Waals surface area contributed by atoms with Gasteiger partial charge in [0.15, 0.2) is 5.96 Å². The van der Waals surface area contributed by atoms with Gasteiger partial charge in [-0.25, -0.2) is 21.9 Å². The van der Waals surface area contributed by atoms with Gasteiger partial charge in [-0.15, -0.1) is 0 Å². The number of nitrogens with one attached hydrogen (secondary N) is 2. The largest absolute Gasteiger partial charge is 0.382 e. The van der Waals surface area contributed by atoms with Gasteiger partial charge in [-0.1, -0.05) is 6.08 Å². The first kappa shape index (κ1) is 48.7. The number of carbonyl (C=O) groups excluding carboxylic acids is 2. The van der Waals surface area contributed by atoms with Crippen molar-refractivity contribution in [2.75, 3.05) is 106 Å². The second kappa shape index (κ2) is 28.9. The molecule has 6 N–H and O–H groups in total. The van der Waals surface area contributed by atoms with E-state index in [2.05, 4.69) is 15.0 Å². The second-order valence-electron chi connectivity index (χ2n) is 13.2. The van der Waals surface area contributed by atoms with Crippen LogP contribution in [0.2, 0.25) is 0 Å². The Bertz CT molecular complexity index is 1230. The lowest BCUT2D eigenvalue weighted by atomic mass is 9.83. The van der Waals surface area contributed by atoms with Crippen molar-refractivity contribution in [3.63, 3.8) is 0 Å². The Morgan fingerprint density at radius 1 is 0.745 bits per heavy atom. The minimum atomic E-state index is -3.61. The average Bonchev–Trinajstić information content (AvgIpc) is 3.14. The molecule has 2 aliphatic rings. The van der Waals surface area contributed by atoms with Crippen molar-refractivity contribution in [3.05, 3.63) is 11.6 Å². The highest BCUT2D eigenvalue weighted by Gasteiger charge is 2.41. The molecular formula is C35H63F2N5O12S. The smallest absolute Gasteiger partial charge is 0.275 e. The van der Waals surface area contributed by atoms with Crippen LogP contribution in [0.4, 0.5) is 8.78 Å². The third kappa shape index (κ3) is 22.2. The first-order chi connectivity index (χ1) is 26.4. The van der Waals surface area contributed by atoms with Crippen molar-refractivity contribution in [2.45, 2.75) is 81.7 Å². The van der Waals surface area contributed by atoms with Gasteiger partial charge in [0, 0.05) is 32.2 Å². The molecule has 2 saturated carbocycles. The Balaban J connectivity index is 1.43. The summed E-state index contributed by atoms with van der Waals surface area (Å²) in [5, 5.41) is 2.12. The minimum Gasteiger partial charge on any atom is -0.382 e. The summed E-state index contributed by atoms with van der Waals surface area (Å²) < 4.78 is 101. The van der Waals surface area contributed by atoms with E-state index in [1.165, 1.54) is 13.0 Å². The third-order valence-electron chi connectivity index (χ3n) is 8.74. The first-order valence-corrected chi connectivity index (χ1v) is 20.4. The lowest BCUT2D eigenvalue weighted by molar-refractivity contribution is -0.122. The molecule has 2 atom stereocenters. The summed E-state index contributed by atoms with van der Waals surface area (Å²) in [5.41, 5.74) is 10.6. The first-order valence-electron chi connectivity index (χ1n) is 18.9. The molecule has 17 nitrogen and oxygen atoms in total. The number of halogens is 2. The van der Waals surface area contributed by atoms with Gasteiger partial charge in [-0.3, -0.25) is 9.59 Å². The molecule has 2 aliphatic carbocycles. The molecule has 0 bridgehead atoms. The molecule has 2 rings (SSSR count). The summed E-state index contributed by atoms with van der Waals surface area (Å²) >= 11 is 0. The van der Waals surface area contributed by atoms with Gasteiger partial charge in [0.05, 0.1) is 97.2 Å². The van der Waals surface area contributed by atoms with Gasteiger partial charge < -0.3 is 54.7 Å². The fourth-order valence-electron chi connectivity index (χ4n) is 5.92. The van der Waals surface area contributed by atoms with Gasteiger partial charge in [0.2, 0.25) is 15.9 Å². The van der Waals surface area contributed by atoms with Crippen LogP contribution in [0.1, 0.15) is 51.9 Å². The summed E-state index contributed by atoms with van der Waals surface area (Å²) in [6.07, 6.45) is -1.82. The summed E-state index contributed by atoms with van der Waals surface area (Å²) in [4.78, 5) is 27.2. The summed E-state index contributed by atoms with van der Waals surface area (Å²) in [6.45, 7) is 6.88. The number of amides is 2. The molecule has 0 heterocycles. The van der Waals surface area contributed by atoms with Crippen LogP contribution in [0.5, 0.6) is 0 Å². The Hall–Kier alpha value is -2.40. The van der Waals surface area contributed by atoms with Gasteiger partial charge in [0.25, 0.3) is 5.91 Å². The van der Waals surface area contributed by atoms with E-state index in [1.807, 2.05) is 0 Å². The van der Waals surface area contributed by atoms with Crippen molar-refractivity contribution in [2.24, 2.45) is 22.4 Å². The summed E-state index contributed by atoms with van der Waals surface area (Å²) in [5.74, 6) is -1.69. The van der Waals surface area contributed by atoms with Gasteiger partial charge >= 0.3 is 0 Å². The molecule has 0 spiro atoms. The number of rotatable bonds is 30. The number of guanidine groups is 1. The predicted octanol–water partition coefficient (Wildman–Crippen LogP) is 0.687. The van der Waals surface area contributed by atoms with Crippen molar-refractivity contribution in [3.8, 4) is 0 Å². The Labute approximate surface area is 323 Å². The van der Waals surface area contributed by atoms with E-state index in [0.29, 0.717) is 105 Å². The number of methoxy groups -OCH3 is 1. The third-order valence-corrected chi connectivity index (χ3v) is 10.7. The van der Waals surface area contributed by atoms with Gasteiger partial charge in [-0.2, -0.15) is 4.99 Å². The summed E-state index contributed by atoms with van der Waals surface area (Å²) in [7, 11) is -2.00. The molecule has 2 amide bonds. The molecule has 0 aromatic carbocycles. The monoisotopic (exact) mass is 815 g/mol.